The summed E-state index contributed by atoms with van der Waals surface area (Å²) in [5.41, 5.74) is 2.50. The van der Waals surface area contributed by atoms with E-state index in [9.17, 15) is 9.59 Å². The number of benzene rings is 1. The molecule has 0 bridgehead atoms. The summed E-state index contributed by atoms with van der Waals surface area (Å²) >= 11 is 0. The topological polar surface area (TPSA) is 81.5 Å². The molecule has 4 rings (SSSR count). The van der Waals surface area contributed by atoms with Crippen LogP contribution in [-0.2, 0) is 4.79 Å². The zero-order valence-corrected chi connectivity index (χ0v) is 15.3. The van der Waals surface area contributed by atoms with E-state index < -0.39 is 6.04 Å². The lowest BCUT2D eigenvalue weighted by Gasteiger charge is -2.19. The lowest BCUT2D eigenvalue weighted by Crippen LogP contribution is -2.39. The van der Waals surface area contributed by atoms with Crippen LogP contribution in [0.4, 0.5) is 0 Å². The quantitative estimate of drug-likeness (QED) is 0.604. The Kier molecular flexibility index (Phi) is 4.07. The number of amides is 1. The van der Waals surface area contributed by atoms with Crippen LogP contribution in [0.5, 0.6) is 0 Å². The third-order valence-electron chi connectivity index (χ3n) is 4.83. The van der Waals surface area contributed by atoms with Crippen LogP contribution < -0.4 is 10.9 Å². The van der Waals surface area contributed by atoms with Gasteiger partial charge in [0, 0.05) is 12.1 Å². The summed E-state index contributed by atoms with van der Waals surface area (Å²) in [6.07, 6.45) is 1.57. The van der Waals surface area contributed by atoms with Gasteiger partial charge in [0.25, 0.3) is 5.56 Å². The number of hydrogen-bond donors (Lipinski definition) is 1. The number of fused-ring (bicyclic) bond motifs is 3. The first-order chi connectivity index (χ1) is 13.0. The van der Waals surface area contributed by atoms with Crippen molar-refractivity contribution in [2.24, 2.45) is 0 Å². The van der Waals surface area contributed by atoms with Gasteiger partial charge < -0.3 is 9.73 Å². The van der Waals surface area contributed by atoms with Crippen LogP contribution in [0, 0.1) is 6.92 Å². The maximum absolute atomic E-state index is 12.9. The molecule has 0 aliphatic carbocycles. The number of furan rings is 1. The van der Waals surface area contributed by atoms with Gasteiger partial charge in [-0.2, -0.15) is 5.10 Å². The molecule has 4 aromatic rings. The van der Waals surface area contributed by atoms with Crippen molar-refractivity contribution < 1.29 is 9.21 Å². The molecule has 3 heterocycles. The van der Waals surface area contributed by atoms with Gasteiger partial charge >= 0.3 is 0 Å². The molecule has 27 heavy (non-hydrogen) atoms. The van der Waals surface area contributed by atoms with Gasteiger partial charge in [0.05, 0.1) is 17.8 Å². The van der Waals surface area contributed by atoms with Gasteiger partial charge in [0.2, 0.25) is 5.91 Å². The van der Waals surface area contributed by atoms with E-state index >= 15 is 0 Å². The Balaban J connectivity index is 1.68. The van der Waals surface area contributed by atoms with Crippen LogP contribution in [0.2, 0.25) is 0 Å². The predicted molar refractivity (Wildman–Crippen MR) is 102 cm³/mol. The number of carbonyl (C=O) groups excluding carboxylic acids is 1. The molecule has 7 heteroatoms. The van der Waals surface area contributed by atoms with Crippen LogP contribution >= 0.6 is 0 Å². The van der Waals surface area contributed by atoms with Crippen molar-refractivity contribution >= 4 is 22.5 Å². The largest absolute Gasteiger partial charge is 0.463 e. The maximum Gasteiger partial charge on any atom is 0.291 e. The van der Waals surface area contributed by atoms with Crippen molar-refractivity contribution in [3.63, 3.8) is 0 Å². The molecule has 7 nitrogen and oxygen atoms in total. The number of aryl methyl sites for hydroxylation is 1. The molecule has 0 aliphatic heterocycles. The Hall–Kier alpha value is -3.35. The molecule has 0 radical (unpaired) electrons. The number of nitrogens with one attached hydrogen (secondary N) is 1. The van der Waals surface area contributed by atoms with E-state index in [0.29, 0.717) is 16.9 Å². The molecule has 1 aromatic carbocycles. The molecule has 2 atom stereocenters. The summed E-state index contributed by atoms with van der Waals surface area (Å²) in [6, 6.07) is 12.2. The zero-order chi connectivity index (χ0) is 19.1. The Morgan fingerprint density at radius 3 is 2.63 bits per heavy atom. The van der Waals surface area contributed by atoms with Crippen molar-refractivity contribution in [2.75, 3.05) is 0 Å². The SMILES string of the molecule is Cc1nn([C@H](C)C(=O)N[C@@H](C)c2ccccc2)c(=O)c2cc3occc3n12. The van der Waals surface area contributed by atoms with Crippen LogP contribution in [0.25, 0.3) is 16.6 Å². The van der Waals surface area contributed by atoms with Crippen LogP contribution in [0.15, 0.2) is 57.9 Å². The van der Waals surface area contributed by atoms with Crippen LogP contribution in [0.1, 0.15) is 37.3 Å². The summed E-state index contributed by atoms with van der Waals surface area (Å²) in [5.74, 6) is 0.344. The molecule has 3 aromatic heterocycles. The third-order valence-corrected chi connectivity index (χ3v) is 4.83. The second-order valence-electron chi connectivity index (χ2n) is 6.65. The van der Waals surface area contributed by atoms with E-state index in [1.54, 1.807) is 36.6 Å². The fraction of sp³-hybridized carbons (Fsp3) is 0.250. The van der Waals surface area contributed by atoms with Gasteiger partial charge in [-0.3, -0.25) is 14.0 Å². The van der Waals surface area contributed by atoms with Crippen molar-refractivity contribution in [2.45, 2.75) is 32.9 Å². The molecule has 1 N–H and O–H groups in total. The number of nitrogens with zero attached hydrogens (tertiary/aromatic N) is 3. The van der Waals surface area contributed by atoms with Crippen molar-refractivity contribution in [3.05, 3.63) is 70.5 Å². The van der Waals surface area contributed by atoms with E-state index in [1.165, 1.54) is 4.68 Å². The Morgan fingerprint density at radius 1 is 1.15 bits per heavy atom. The highest BCUT2D eigenvalue weighted by atomic mass is 16.3. The molecule has 0 aliphatic rings. The Bertz CT molecular complexity index is 1190. The predicted octanol–water partition coefficient (Wildman–Crippen LogP) is 2.99. The van der Waals surface area contributed by atoms with Crippen molar-refractivity contribution in [1.29, 1.82) is 0 Å². The maximum atomic E-state index is 12.9. The minimum atomic E-state index is -0.742. The summed E-state index contributed by atoms with van der Waals surface area (Å²) < 4.78 is 8.36. The van der Waals surface area contributed by atoms with E-state index in [0.717, 1.165) is 11.1 Å². The highest BCUT2D eigenvalue weighted by Crippen LogP contribution is 2.20. The van der Waals surface area contributed by atoms with Gasteiger partial charge in [-0.15, -0.1) is 0 Å². The standard InChI is InChI=1S/C20H20N4O3/c1-12(15-7-5-4-6-8-15)21-19(25)13(2)24-20(26)17-11-18-16(9-10-27-18)23(17)14(3)22-24/h4-13H,1-3H3,(H,21,25)/t12-,13+/m0/s1. The first-order valence-corrected chi connectivity index (χ1v) is 8.81. The zero-order valence-electron chi connectivity index (χ0n) is 15.3. The number of hydrogen-bond acceptors (Lipinski definition) is 4. The lowest BCUT2D eigenvalue weighted by atomic mass is 10.1. The second-order valence-corrected chi connectivity index (χ2v) is 6.65. The average molecular weight is 364 g/mol. The molecule has 1 amide bonds. The van der Waals surface area contributed by atoms with Crippen molar-refractivity contribution in [3.8, 4) is 0 Å². The van der Waals surface area contributed by atoms with Crippen LogP contribution in [0.3, 0.4) is 0 Å². The van der Waals surface area contributed by atoms with Gasteiger partial charge in [-0.05, 0) is 26.3 Å². The lowest BCUT2D eigenvalue weighted by molar-refractivity contribution is -0.124. The monoisotopic (exact) mass is 364 g/mol. The van der Waals surface area contributed by atoms with Gasteiger partial charge in [0.15, 0.2) is 5.58 Å². The van der Waals surface area contributed by atoms with Gasteiger partial charge in [0.1, 0.15) is 17.4 Å². The Labute approximate surface area is 155 Å². The Morgan fingerprint density at radius 2 is 1.89 bits per heavy atom. The van der Waals surface area contributed by atoms with Gasteiger partial charge in [-0.1, -0.05) is 30.3 Å². The summed E-state index contributed by atoms with van der Waals surface area (Å²) in [4.78, 5) is 25.6. The molecule has 0 saturated heterocycles. The molecule has 0 unspecified atom stereocenters. The second kappa shape index (κ2) is 6.42. The smallest absolute Gasteiger partial charge is 0.291 e. The molecule has 0 saturated carbocycles. The fourth-order valence-electron chi connectivity index (χ4n) is 3.33. The molecule has 138 valence electrons. The minimum Gasteiger partial charge on any atom is -0.463 e. The number of carbonyl (C=O) groups is 1. The molecule has 0 spiro atoms. The average Bonchev–Trinajstić information content (AvgIpc) is 3.26. The normalized spacial score (nSPS) is 13.7. The van der Waals surface area contributed by atoms with E-state index in [2.05, 4.69) is 10.4 Å². The first kappa shape index (κ1) is 17.1. The van der Waals surface area contributed by atoms with Crippen LogP contribution in [-0.4, -0.2) is 20.1 Å². The third kappa shape index (κ3) is 2.81. The van der Waals surface area contributed by atoms with E-state index in [4.69, 9.17) is 4.42 Å². The molecular weight excluding hydrogens is 344 g/mol. The highest BCUT2D eigenvalue weighted by Gasteiger charge is 2.22. The van der Waals surface area contributed by atoms with E-state index in [1.807, 2.05) is 37.3 Å². The summed E-state index contributed by atoms with van der Waals surface area (Å²) in [7, 11) is 0. The highest BCUT2D eigenvalue weighted by molar-refractivity contribution is 5.83. The fourth-order valence-corrected chi connectivity index (χ4v) is 3.33. The van der Waals surface area contributed by atoms with Gasteiger partial charge in [-0.25, -0.2) is 4.68 Å². The first-order valence-electron chi connectivity index (χ1n) is 8.81. The van der Waals surface area contributed by atoms with E-state index in [-0.39, 0.29) is 17.5 Å². The summed E-state index contributed by atoms with van der Waals surface area (Å²) in [5, 5.41) is 7.32. The molecule has 0 fully saturated rings. The molecular formula is C20H20N4O3. The minimum absolute atomic E-state index is 0.169. The number of aromatic nitrogens is 3. The van der Waals surface area contributed by atoms with Crippen molar-refractivity contribution in [1.82, 2.24) is 19.5 Å². The number of rotatable bonds is 4. The summed E-state index contributed by atoms with van der Waals surface area (Å²) in [6.45, 7) is 5.38.